The van der Waals surface area contributed by atoms with Gasteiger partial charge in [-0.1, -0.05) is 11.6 Å². The lowest BCUT2D eigenvalue weighted by molar-refractivity contribution is 0.0971. The van der Waals surface area contributed by atoms with Crippen LogP contribution in [-0.2, 0) is 0 Å². The van der Waals surface area contributed by atoms with E-state index in [9.17, 15) is 9.18 Å². The highest BCUT2D eigenvalue weighted by Gasteiger charge is 2.18. The van der Waals surface area contributed by atoms with E-state index < -0.39 is 5.82 Å². The van der Waals surface area contributed by atoms with E-state index >= 15 is 0 Å². The molecular weight excluding hydrogens is 241 g/mol. The van der Waals surface area contributed by atoms with Crippen molar-refractivity contribution in [3.63, 3.8) is 0 Å². The van der Waals surface area contributed by atoms with Crippen molar-refractivity contribution in [1.29, 1.82) is 0 Å². The van der Waals surface area contributed by atoms with Crippen LogP contribution in [0.3, 0.4) is 0 Å². The molecule has 1 saturated heterocycles. The number of benzene rings is 1. The van der Waals surface area contributed by atoms with E-state index in [-0.39, 0.29) is 11.3 Å². The van der Waals surface area contributed by atoms with Gasteiger partial charge in [-0.25, -0.2) is 4.39 Å². The Balaban J connectivity index is 1.94. The summed E-state index contributed by atoms with van der Waals surface area (Å²) in [6.45, 7) is 1.99. The molecule has 0 saturated carbocycles. The van der Waals surface area contributed by atoms with Gasteiger partial charge in [-0.2, -0.15) is 0 Å². The van der Waals surface area contributed by atoms with Gasteiger partial charge in [-0.05, 0) is 50.0 Å². The Bertz CT molecular complexity index is 416. The van der Waals surface area contributed by atoms with Gasteiger partial charge >= 0.3 is 0 Å². The van der Waals surface area contributed by atoms with Gasteiger partial charge in [0.2, 0.25) is 0 Å². The molecule has 1 atom stereocenters. The third-order valence-corrected chi connectivity index (χ3v) is 3.41. The fourth-order valence-corrected chi connectivity index (χ4v) is 2.31. The summed E-state index contributed by atoms with van der Waals surface area (Å²) in [4.78, 5) is 11.8. The second-order valence-corrected chi connectivity index (χ2v) is 4.88. The molecular formula is C13H15ClFNO. The van der Waals surface area contributed by atoms with Crippen molar-refractivity contribution >= 4 is 17.4 Å². The lowest BCUT2D eigenvalue weighted by Crippen LogP contribution is -2.11. The van der Waals surface area contributed by atoms with Crippen LogP contribution in [0, 0.1) is 11.7 Å². The minimum atomic E-state index is -0.521. The molecule has 1 fully saturated rings. The number of hydrogen-bond acceptors (Lipinski definition) is 2. The first-order valence-electron chi connectivity index (χ1n) is 5.86. The molecule has 1 aromatic carbocycles. The first kappa shape index (κ1) is 12.5. The normalized spacial score (nSPS) is 19.5. The standard InChI is InChI=1S/C13H15ClFNO/c14-10-2-3-11(12(15)7-10)13(17)4-1-9-5-6-16-8-9/h2-3,7,9,16H,1,4-6,8H2. The second-order valence-electron chi connectivity index (χ2n) is 4.44. The van der Waals surface area contributed by atoms with Crippen LogP contribution in [0.15, 0.2) is 18.2 Å². The zero-order chi connectivity index (χ0) is 12.3. The zero-order valence-corrected chi connectivity index (χ0v) is 10.3. The van der Waals surface area contributed by atoms with Gasteiger partial charge in [0, 0.05) is 11.4 Å². The molecule has 1 aliphatic rings. The predicted octanol–water partition coefficient (Wildman–Crippen LogP) is 3.05. The highest BCUT2D eigenvalue weighted by molar-refractivity contribution is 6.30. The first-order valence-corrected chi connectivity index (χ1v) is 6.23. The van der Waals surface area contributed by atoms with Gasteiger partial charge < -0.3 is 5.32 Å². The zero-order valence-electron chi connectivity index (χ0n) is 9.51. The molecule has 2 rings (SSSR count). The Morgan fingerprint density at radius 2 is 2.35 bits per heavy atom. The molecule has 17 heavy (non-hydrogen) atoms. The van der Waals surface area contributed by atoms with E-state index in [0.717, 1.165) is 25.9 Å². The monoisotopic (exact) mass is 255 g/mol. The van der Waals surface area contributed by atoms with Gasteiger partial charge in [0.05, 0.1) is 5.56 Å². The van der Waals surface area contributed by atoms with Crippen LogP contribution in [0.5, 0.6) is 0 Å². The average Bonchev–Trinajstić information content (AvgIpc) is 2.78. The minimum Gasteiger partial charge on any atom is -0.316 e. The van der Waals surface area contributed by atoms with E-state index in [4.69, 9.17) is 11.6 Å². The molecule has 92 valence electrons. The van der Waals surface area contributed by atoms with Crippen LogP contribution >= 0.6 is 11.6 Å². The number of halogens is 2. The molecule has 1 N–H and O–H groups in total. The van der Waals surface area contributed by atoms with Crippen molar-refractivity contribution in [2.45, 2.75) is 19.3 Å². The maximum Gasteiger partial charge on any atom is 0.165 e. The van der Waals surface area contributed by atoms with Crippen LogP contribution in [0.25, 0.3) is 0 Å². The summed E-state index contributed by atoms with van der Waals surface area (Å²) in [5.74, 6) is -0.104. The lowest BCUT2D eigenvalue weighted by Gasteiger charge is -2.07. The Kier molecular flexibility index (Phi) is 4.13. The second kappa shape index (κ2) is 5.61. The van der Waals surface area contributed by atoms with Gasteiger partial charge in [0.25, 0.3) is 0 Å². The third-order valence-electron chi connectivity index (χ3n) is 3.17. The average molecular weight is 256 g/mol. The molecule has 0 aliphatic carbocycles. The summed E-state index contributed by atoms with van der Waals surface area (Å²) in [6, 6.07) is 4.20. The fraction of sp³-hybridized carbons (Fsp3) is 0.462. The molecule has 0 spiro atoms. The number of carbonyl (C=O) groups excluding carboxylic acids is 1. The summed E-state index contributed by atoms with van der Waals surface area (Å²) >= 11 is 5.64. The number of hydrogen-bond donors (Lipinski definition) is 1. The molecule has 0 bridgehead atoms. The van der Waals surface area contributed by atoms with Gasteiger partial charge in [-0.3, -0.25) is 4.79 Å². The Morgan fingerprint density at radius 3 is 3.00 bits per heavy atom. The van der Waals surface area contributed by atoms with Crippen molar-refractivity contribution in [3.05, 3.63) is 34.6 Å². The Morgan fingerprint density at radius 1 is 1.53 bits per heavy atom. The van der Waals surface area contributed by atoms with E-state index in [1.807, 2.05) is 0 Å². The summed E-state index contributed by atoms with van der Waals surface area (Å²) in [5.41, 5.74) is 0.153. The van der Waals surface area contributed by atoms with Crippen LogP contribution in [0.4, 0.5) is 4.39 Å². The molecule has 0 aromatic heterocycles. The van der Waals surface area contributed by atoms with Gasteiger partial charge in [0.1, 0.15) is 5.82 Å². The summed E-state index contributed by atoms with van der Waals surface area (Å²) in [6.07, 6.45) is 2.34. The number of ketones is 1. The maximum absolute atomic E-state index is 13.5. The van der Waals surface area contributed by atoms with E-state index in [1.54, 1.807) is 6.07 Å². The van der Waals surface area contributed by atoms with Crippen molar-refractivity contribution in [2.75, 3.05) is 13.1 Å². The number of nitrogens with one attached hydrogen (secondary N) is 1. The minimum absolute atomic E-state index is 0.133. The third kappa shape index (κ3) is 3.27. The number of carbonyl (C=O) groups is 1. The fourth-order valence-electron chi connectivity index (χ4n) is 2.15. The Hall–Kier alpha value is -0.930. The number of rotatable bonds is 4. The largest absolute Gasteiger partial charge is 0.316 e. The van der Waals surface area contributed by atoms with Crippen LogP contribution in [-0.4, -0.2) is 18.9 Å². The molecule has 1 unspecified atom stereocenters. The molecule has 0 amide bonds. The van der Waals surface area contributed by atoms with Gasteiger partial charge in [-0.15, -0.1) is 0 Å². The Labute approximate surface area is 105 Å². The van der Waals surface area contributed by atoms with Crippen LogP contribution in [0.1, 0.15) is 29.6 Å². The SMILES string of the molecule is O=C(CCC1CCNC1)c1ccc(Cl)cc1F. The highest BCUT2D eigenvalue weighted by Crippen LogP contribution is 2.19. The summed E-state index contributed by atoms with van der Waals surface area (Å²) < 4.78 is 13.5. The quantitative estimate of drug-likeness (QED) is 0.838. The van der Waals surface area contributed by atoms with Crippen molar-refractivity contribution in [2.24, 2.45) is 5.92 Å². The first-order chi connectivity index (χ1) is 8.16. The van der Waals surface area contributed by atoms with Gasteiger partial charge in [0.15, 0.2) is 5.78 Å². The van der Waals surface area contributed by atoms with Crippen molar-refractivity contribution < 1.29 is 9.18 Å². The van der Waals surface area contributed by atoms with Crippen molar-refractivity contribution in [3.8, 4) is 0 Å². The van der Waals surface area contributed by atoms with Crippen molar-refractivity contribution in [1.82, 2.24) is 5.32 Å². The smallest absolute Gasteiger partial charge is 0.165 e. The summed E-state index contributed by atoms with van der Waals surface area (Å²) in [5, 5.41) is 3.57. The predicted molar refractivity (Wildman–Crippen MR) is 66.0 cm³/mol. The summed E-state index contributed by atoms with van der Waals surface area (Å²) in [7, 11) is 0. The molecule has 1 aromatic rings. The molecule has 1 aliphatic heterocycles. The molecule has 1 heterocycles. The topological polar surface area (TPSA) is 29.1 Å². The maximum atomic E-state index is 13.5. The van der Waals surface area contributed by atoms with E-state index in [1.165, 1.54) is 12.1 Å². The van der Waals surface area contributed by atoms with E-state index in [2.05, 4.69) is 5.32 Å². The number of Topliss-reactive ketones (excluding diaryl/α,β-unsaturated/α-hetero) is 1. The molecule has 2 nitrogen and oxygen atoms in total. The molecule has 0 radical (unpaired) electrons. The highest BCUT2D eigenvalue weighted by atomic mass is 35.5. The van der Waals surface area contributed by atoms with E-state index in [0.29, 0.717) is 17.4 Å². The molecule has 4 heteroatoms. The lowest BCUT2D eigenvalue weighted by atomic mass is 9.98. The van der Waals surface area contributed by atoms with Crippen LogP contribution in [0.2, 0.25) is 5.02 Å². The van der Waals surface area contributed by atoms with Crippen LogP contribution < -0.4 is 5.32 Å².